The Balaban J connectivity index is 0.00000169. The van der Waals surface area contributed by atoms with Crippen molar-refractivity contribution in [1.29, 1.82) is 0 Å². The molecule has 1 rings (SSSR count). The second-order valence-electron chi connectivity index (χ2n) is 3.86. The fourth-order valence-electron chi connectivity index (χ4n) is 1.21. The summed E-state index contributed by atoms with van der Waals surface area (Å²) >= 11 is 0. The molecule has 72 valence electrons. The summed E-state index contributed by atoms with van der Waals surface area (Å²) in [6, 6.07) is 8.72. The van der Waals surface area contributed by atoms with E-state index in [1.807, 2.05) is 0 Å². The summed E-state index contributed by atoms with van der Waals surface area (Å²) < 4.78 is 0. The van der Waals surface area contributed by atoms with E-state index in [2.05, 4.69) is 51.5 Å². The predicted octanol–water partition coefficient (Wildman–Crippen LogP) is 0.988. The SMILES string of the molecule is CCC(C)C[CH-]c1ccc(C)cc1.[Li+]. The van der Waals surface area contributed by atoms with Gasteiger partial charge in [0.15, 0.2) is 0 Å². The van der Waals surface area contributed by atoms with E-state index in [0.717, 1.165) is 5.92 Å². The van der Waals surface area contributed by atoms with Crippen molar-refractivity contribution in [2.75, 3.05) is 0 Å². The average Bonchev–Trinajstić information content (AvgIpc) is 2.16. The summed E-state index contributed by atoms with van der Waals surface area (Å²) in [7, 11) is 0. The molecule has 1 aromatic rings. The van der Waals surface area contributed by atoms with Crippen LogP contribution in [0.25, 0.3) is 0 Å². The van der Waals surface area contributed by atoms with E-state index in [1.54, 1.807) is 0 Å². The third kappa shape index (κ3) is 4.79. The molecular formula is C13H19Li. The van der Waals surface area contributed by atoms with E-state index < -0.39 is 0 Å². The quantitative estimate of drug-likeness (QED) is 0.481. The maximum absolute atomic E-state index is 2.33. The van der Waals surface area contributed by atoms with Crippen LogP contribution < -0.4 is 18.9 Å². The summed E-state index contributed by atoms with van der Waals surface area (Å²) in [5.74, 6) is 0.807. The van der Waals surface area contributed by atoms with Gasteiger partial charge in [0.25, 0.3) is 0 Å². The Hall–Kier alpha value is -0.313. The van der Waals surface area contributed by atoms with Crippen LogP contribution in [0.15, 0.2) is 24.3 Å². The van der Waals surface area contributed by atoms with Crippen LogP contribution in [0.5, 0.6) is 0 Å². The summed E-state index contributed by atoms with van der Waals surface area (Å²) in [6.45, 7) is 6.66. The first-order valence-electron chi connectivity index (χ1n) is 5.12. The Morgan fingerprint density at radius 2 is 1.79 bits per heavy atom. The molecule has 1 atom stereocenters. The molecule has 0 aliphatic heterocycles. The van der Waals surface area contributed by atoms with Gasteiger partial charge in [-0.25, -0.2) is 0 Å². The minimum absolute atomic E-state index is 0. The van der Waals surface area contributed by atoms with Gasteiger partial charge < -0.3 is 0 Å². The van der Waals surface area contributed by atoms with Crippen molar-refractivity contribution in [3.8, 4) is 0 Å². The maximum Gasteiger partial charge on any atom is 1.00 e. The fraction of sp³-hybridized carbons (Fsp3) is 0.462. The van der Waals surface area contributed by atoms with E-state index in [-0.39, 0.29) is 18.9 Å². The zero-order chi connectivity index (χ0) is 9.68. The molecule has 0 bridgehead atoms. The monoisotopic (exact) mass is 182 g/mol. The van der Waals surface area contributed by atoms with Gasteiger partial charge in [0, 0.05) is 0 Å². The van der Waals surface area contributed by atoms with Crippen LogP contribution in [0.4, 0.5) is 0 Å². The standard InChI is InChI=1S/C13H19.Li/c1-4-11(2)5-8-13-9-6-12(3)7-10-13;/h6-11H,4-5H2,1-3H3;/q-1;+1. The molecule has 0 aliphatic carbocycles. The molecule has 0 nitrogen and oxygen atoms in total. The van der Waals surface area contributed by atoms with Crippen LogP contribution >= 0.6 is 0 Å². The first-order valence-corrected chi connectivity index (χ1v) is 5.12. The average molecular weight is 182 g/mol. The third-order valence-electron chi connectivity index (χ3n) is 2.53. The minimum Gasteiger partial charge on any atom is -0.192 e. The molecule has 0 amide bonds. The molecule has 0 radical (unpaired) electrons. The largest absolute Gasteiger partial charge is 1.00 e. The van der Waals surface area contributed by atoms with Crippen LogP contribution in [0.3, 0.4) is 0 Å². The van der Waals surface area contributed by atoms with Crippen molar-refractivity contribution in [3.63, 3.8) is 0 Å². The predicted molar refractivity (Wildman–Crippen MR) is 58.7 cm³/mol. The topological polar surface area (TPSA) is 0 Å². The Bertz CT molecular complexity index is 238. The second-order valence-corrected chi connectivity index (χ2v) is 3.86. The maximum atomic E-state index is 2.33. The summed E-state index contributed by atoms with van der Waals surface area (Å²) in [5, 5.41) is 0. The number of rotatable bonds is 4. The molecule has 0 fully saturated rings. The van der Waals surface area contributed by atoms with Gasteiger partial charge in [-0.15, -0.1) is 12.1 Å². The third-order valence-corrected chi connectivity index (χ3v) is 2.53. The normalized spacial score (nSPS) is 11.6. The van der Waals surface area contributed by atoms with Crippen molar-refractivity contribution in [2.24, 2.45) is 5.92 Å². The molecule has 0 saturated heterocycles. The number of benzene rings is 1. The summed E-state index contributed by atoms with van der Waals surface area (Å²) in [5.41, 5.74) is 2.69. The van der Waals surface area contributed by atoms with Crippen LogP contribution in [0, 0.1) is 19.3 Å². The Labute approximate surface area is 100 Å². The molecule has 1 unspecified atom stereocenters. The molecule has 14 heavy (non-hydrogen) atoms. The smallest absolute Gasteiger partial charge is 0.192 e. The first-order chi connectivity index (χ1) is 6.22. The van der Waals surface area contributed by atoms with Crippen LogP contribution in [0.1, 0.15) is 37.8 Å². The van der Waals surface area contributed by atoms with Gasteiger partial charge in [0.1, 0.15) is 0 Å². The fourth-order valence-corrected chi connectivity index (χ4v) is 1.21. The van der Waals surface area contributed by atoms with Crippen molar-refractivity contribution >= 4 is 0 Å². The van der Waals surface area contributed by atoms with Crippen molar-refractivity contribution in [2.45, 2.75) is 33.6 Å². The molecule has 0 heterocycles. The van der Waals surface area contributed by atoms with E-state index in [9.17, 15) is 0 Å². The molecule has 0 saturated carbocycles. The molecule has 1 heteroatoms. The molecule has 0 spiro atoms. The van der Waals surface area contributed by atoms with Gasteiger partial charge >= 0.3 is 18.9 Å². The van der Waals surface area contributed by atoms with E-state index in [1.165, 1.54) is 24.0 Å². The minimum atomic E-state index is 0. The van der Waals surface area contributed by atoms with E-state index in [4.69, 9.17) is 0 Å². The first kappa shape index (κ1) is 13.7. The van der Waals surface area contributed by atoms with Gasteiger partial charge in [-0.1, -0.05) is 38.2 Å². The van der Waals surface area contributed by atoms with Crippen LogP contribution in [-0.4, -0.2) is 0 Å². The van der Waals surface area contributed by atoms with E-state index >= 15 is 0 Å². The Morgan fingerprint density at radius 1 is 1.21 bits per heavy atom. The number of hydrogen-bond acceptors (Lipinski definition) is 0. The number of aryl methyl sites for hydroxylation is 1. The Morgan fingerprint density at radius 3 is 2.29 bits per heavy atom. The van der Waals surface area contributed by atoms with Gasteiger partial charge in [-0.05, 0) is 6.92 Å². The molecule has 0 N–H and O–H groups in total. The zero-order valence-electron chi connectivity index (χ0n) is 9.88. The molecular weight excluding hydrogens is 163 g/mol. The van der Waals surface area contributed by atoms with Crippen molar-refractivity contribution in [3.05, 3.63) is 41.8 Å². The van der Waals surface area contributed by atoms with Crippen molar-refractivity contribution < 1.29 is 18.9 Å². The van der Waals surface area contributed by atoms with Gasteiger partial charge in [0.05, 0.1) is 0 Å². The van der Waals surface area contributed by atoms with Crippen LogP contribution in [-0.2, 0) is 0 Å². The Kier molecular flexibility index (Phi) is 6.88. The van der Waals surface area contributed by atoms with Crippen LogP contribution in [0.2, 0.25) is 0 Å². The van der Waals surface area contributed by atoms with E-state index in [0.29, 0.717) is 0 Å². The molecule has 1 aromatic carbocycles. The molecule has 0 aromatic heterocycles. The number of hydrogen-bond donors (Lipinski definition) is 0. The van der Waals surface area contributed by atoms with Crippen molar-refractivity contribution in [1.82, 2.24) is 0 Å². The second kappa shape index (κ2) is 7.04. The van der Waals surface area contributed by atoms with Gasteiger partial charge in [0.2, 0.25) is 0 Å². The zero-order valence-corrected chi connectivity index (χ0v) is 9.88. The molecule has 0 aliphatic rings. The summed E-state index contributed by atoms with van der Waals surface area (Å²) in [6.07, 6.45) is 4.79. The summed E-state index contributed by atoms with van der Waals surface area (Å²) in [4.78, 5) is 0. The van der Waals surface area contributed by atoms with Gasteiger partial charge in [-0.3, -0.25) is 0 Å². The van der Waals surface area contributed by atoms with Gasteiger partial charge in [-0.2, -0.15) is 24.1 Å².